The predicted octanol–water partition coefficient (Wildman–Crippen LogP) is 10.9. The number of carbonyl (C=O) groups excluding carboxylic acids is 2. The van der Waals surface area contributed by atoms with Crippen molar-refractivity contribution >= 4 is 144 Å². The zero-order chi connectivity index (χ0) is 57.0. The number of benzene rings is 6. The third kappa shape index (κ3) is 16.9. The molecule has 0 spiro atoms. The normalized spacial score (nSPS) is 11.2. The minimum atomic E-state index is -4.95. The van der Waals surface area contributed by atoms with Gasteiger partial charge in [0.05, 0.1) is 46.5 Å². The van der Waals surface area contributed by atoms with Crippen molar-refractivity contribution in [1.29, 1.82) is 0 Å². The Labute approximate surface area is 509 Å². The SMILES string of the molecule is Cc1cc2c(-c3cccc(/C=C/C(=O)O)c3)c(CC(=O)Nc3ccc(F)cc3C(F)(F)F)c(=O)oc2cc1Cl.Cc1cc2c(-c3cccc(/C=C/C(=O)O)c3)c(CC(=O)Nc3ccc(F)cc3C(F)(F)F)c(=O)oc2cc1Cl.O.O.O.[K]. The van der Waals surface area contributed by atoms with Crippen molar-refractivity contribution in [2.45, 2.75) is 39.0 Å². The van der Waals surface area contributed by atoms with Crippen LogP contribution in [0, 0.1) is 25.5 Å². The van der Waals surface area contributed by atoms with E-state index in [9.17, 15) is 63.9 Å². The molecule has 425 valence electrons. The Bertz CT molecular complexity index is 3690. The number of anilines is 2. The summed E-state index contributed by atoms with van der Waals surface area (Å²) in [4.78, 5) is 73.9. The second-order valence-corrected chi connectivity index (χ2v) is 17.9. The van der Waals surface area contributed by atoms with Crippen LogP contribution in [0.3, 0.4) is 0 Å². The van der Waals surface area contributed by atoms with Crippen molar-refractivity contribution in [2.24, 2.45) is 0 Å². The maximum absolute atomic E-state index is 13.5. The van der Waals surface area contributed by atoms with Gasteiger partial charge in [0.2, 0.25) is 11.8 Å². The minimum absolute atomic E-state index is 0. The van der Waals surface area contributed by atoms with Gasteiger partial charge in [-0.25, -0.2) is 28.0 Å². The van der Waals surface area contributed by atoms with Crippen LogP contribution in [0.5, 0.6) is 0 Å². The van der Waals surface area contributed by atoms with Gasteiger partial charge in [0.25, 0.3) is 0 Å². The van der Waals surface area contributed by atoms with E-state index >= 15 is 0 Å². The summed E-state index contributed by atoms with van der Waals surface area (Å²) in [7, 11) is 0. The number of aliphatic carboxylic acids is 2. The summed E-state index contributed by atoms with van der Waals surface area (Å²) in [6.45, 7) is 3.42. The van der Waals surface area contributed by atoms with E-state index < -0.39 is 94.3 Å². The number of hydrogen-bond donors (Lipinski definition) is 4. The van der Waals surface area contributed by atoms with Gasteiger partial charge in [-0.2, -0.15) is 26.3 Å². The van der Waals surface area contributed by atoms with Gasteiger partial charge < -0.3 is 46.1 Å². The fraction of sp³-hybridized carbons (Fsp3) is 0.107. The first kappa shape index (κ1) is 68.9. The average molecular weight is 1210 g/mol. The second-order valence-electron chi connectivity index (χ2n) is 17.1. The topological polar surface area (TPSA) is 288 Å². The van der Waals surface area contributed by atoms with Gasteiger partial charge in [0, 0.05) is 108 Å². The number of amides is 2. The molecule has 26 heteroatoms. The fourth-order valence-electron chi connectivity index (χ4n) is 8.08. The van der Waals surface area contributed by atoms with Crippen LogP contribution in [-0.4, -0.2) is 102 Å². The first-order valence-corrected chi connectivity index (χ1v) is 23.3. The van der Waals surface area contributed by atoms with Crippen LogP contribution in [0.4, 0.5) is 46.5 Å². The summed E-state index contributed by atoms with van der Waals surface area (Å²) < 4.78 is 118. The predicted molar refractivity (Wildman–Crippen MR) is 293 cm³/mol. The summed E-state index contributed by atoms with van der Waals surface area (Å²) in [5.41, 5.74) is -2.51. The van der Waals surface area contributed by atoms with Crippen molar-refractivity contribution in [1.82, 2.24) is 0 Å². The number of carbonyl (C=O) groups is 4. The number of halogens is 10. The summed E-state index contributed by atoms with van der Waals surface area (Å²) in [6.07, 6.45) is -6.73. The smallest absolute Gasteiger partial charge is 0.418 e. The van der Waals surface area contributed by atoms with Crippen molar-refractivity contribution in [3.63, 3.8) is 0 Å². The molecule has 0 fully saturated rings. The molecule has 6 aromatic carbocycles. The maximum atomic E-state index is 13.5. The molecule has 0 aliphatic carbocycles. The summed E-state index contributed by atoms with van der Waals surface area (Å²) >= 11 is 12.4. The van der Waals surface area contributed by atoms with Crippen LogP contribution in [0.1, 0.15) is 44.5 Å². The zero-order valence-corrected chi connectivity index (χ0v) is 47.2. The molecule has 2 amide bonds. The van der Waals surface area contributed by atoms with Crippen molar-refractivity contribution < 1.29 is 89.8 Å². The van der Waals surface area contributed by atoms with Crippen molar-refractivity contribution in [2.75, 3.05) is 10.6 Å². The van der Waals surface area contributed by atoms with Gasteiger partial charge in [-0.15, -0.1) is 0 Å². The molecule has 2 aromatic heterocycles. The van der Waals surface area contributed by atoms with Crippen LogP contribution in [0.15, 0.2) is 140 Å². The standard InChI is InChI=1S/2C28H18ClF4NO5.K.3H2O/c2*1-14-9-18-23(13-21(14)29)39-27(38)19(26(18)16-4-2-3-15(10-16)5-8-25(36)37)12-24(35)34-22-7-6-17(30)11-20(22)28(31,32)33;;;;/h2*2-11,13H,12H2,1H3,(H,34,35)(H,36,37);;3*1H2/b2*8-5+;;;;. The fourth-order valence-corrected chi connectivity index (χ4v) is 8.39. The molecule has 8 rings (SSSR count). The molecule has 2 heterocycles. The Morgan fingerprint density at radius 1 is 0.549 bits per heavy atom. The molecule has 0 saturated carbocycles. The number of hydrogen-bond acceptors (Lipinski definition) is 8. The molecule has 1 radical (unpaired) electrons. The molecule has 8 aromatic rings. The first-order valence-electron chi connectivity index (χ1n) is 22.5. The molecule has 0 unspecified atom stereocenters. The van der Waals surface area contributed by atoms with E-state index in [0.717, 1.165) is 36.4 Å². The van der Waals surface area contributed by atoms with Crippen LogP contribution in [-0.2, 0) is 44.4 Å². The van der Waals surface area contributed by atoms with E-state index in [-0.39, 0.29) is 113 Å². The van der Waals surface area contributed by atoms with Gasteiger partial charge >= 0.3 is 35.5 Å². The molecular weight excluding hydrogens is 1170 g/mol. The van der Waals surface area contributed by atoms with E-state index in [1.165, 1.54) is 24.3 Å². The molecular formula is C56H42Cl2F8KN2O13. The van der Waals surface area contributed by atoms with Gasteiger partial charge in [0.1, 0.15) is 22.8 Å². The summed E-state index contributed by atoms with van der Waals surface area (Å²) in [6, 6.07) is 22.6. The average Bonchev–Trinajstić information content (AvgIpc) is 3.35. The monoisotopic (exact) mass is 1210 g/mol. The quantitative estimate of drug-likeness (QED) is 0.0388. The number of alkyl halides is 6. The zero-order valence-electron chi connectivity index (χ0n) is 42.6. The van der Waals surface area contributed by atoms with Crippen LogP contribution in [0.2, 0.25) is 10.0 Å². The van der Waals surface area contributed by atoms with Gasteiger partial charge in [-0.05, 0) is 120 Å². The van der Waals surface area contributed by atoms with Crippen LogP contribution < -0.4 is 21.9 Å². The number of carboxylic acid groups (broad SMARTS) is 2. The van der Waals surface area contributed by atoms with Crippen molar-refractivity contribution in [3.8, 4) is 22.3 Å². The molecule has 15 nitrogen and oxygen atoms in total. The van der Waals surface area contributed by atoms with E-state index in [1.807, 2.05) is 0 Å². The van der Waals surface area contributed by atoms with Gasteiger partial charge in [-0.3, -0.25) is 9.59 Å². The summed E-state index contributed by atoms with van der Waals surface area (Å²) in [5, 5.41) is 23.6. The summed E-state index contributed by atoms with van der Waals surface area (Å²) in [5.74, 6) is -6.58. The molecule has 82 heavy (non-hydrogen) atoms. The van der Waals surface area contributed by atoms with E-state index in [0.29, 0.717) is 54.2 Å². The largest absolute Gasteiger partial charge is 0.478 e. The number of carboxylic acids is 2. The number of fused-ring (bicyclic) bond motifs is 2. The van der Waals surface area contributed by atoms with E-state index in [2.05, 4.69) is 10.6 Å². The molecule has 0 saturated heterocycles. The van der Waals surface area contributed by atoms with E-state index in [4.69, 9.17) is 42.2 Å². The van der Waals surface area contributed by atoms with Crippen molar-refractivity contribution in [3.05, 3.63) is 208 Å². The number of aryl methyl sites for hydroxylation is 2. The van der Waals surface area contributed by atoms with Crippen LogP contribution in [0.25, 0.3) is 56.3 Å². The number of nitrogens with one attached hydrogen (secondary N) is 2. The molecule has 0 aliphatic rings. The number of rotatable bonds is 12. The van der Waals surface area contributed by atoms with Gasteiger partial charge in [0.15, 0.2) is 0 Å². The molecule has 0 aliphatic heterocycles. The Hall–Kier alpha value is -7.36. The Balaban J connectivity index is 0.000000410. The van der Waals surface area contributed by atoms with E-state index in [1.54, 1.807) is 74.5 Å². The molecule has 10 N–H and O–H groups in total. The molecule has 0 atom stereocenters. The first-order chi connectivity index (χ1) is 36.7. The Morgan fingerprint density at radius 2 is 0.902 bits per heavy atom. The van der Waals surface area contributed by atoms with Crippen LogP contribution >= 0.6 is 23.2 Å². The Kier molecular flexibility index (Phi) is 24.0. The van der Waals surface area contributed by atoms with Gasteiger partial charge in [-0.1, -0.05) is 59.6 Å². The third-order valence-corrected chi connectivity index (χ3v) is 12.4. The third-order valence-electron chi connectivity index (χ3n) is 11.5. The minimum Gasteiger partial charge on any atom is -0.478 e. The molecule has 0 bridgehead atoms. The maximum Gasteiger partial charge on any atom is 0.418 e. The Morgan fingerprint density at radius 3 is 1.23 bits per heavy atom. The second kappa shape index (κ2) is 28.6.